The average molecular weight is 457 g/mol. The monoisotopic (exact) mass is 456 g/mol. The second-order valence-electron chi connectivity index (χ2n) is 9.02. The Morgan fingerprint density at radius 2 is 0.625 bits per heavy atom. The second-order valence-corrected chi connectivity index (χ2v) is 9.02. The predicted octanol–water partition coefficient (Wildman–Crippen LogP) is 8.94. The highest BCUT2D eigenvalue weighted by Crippen LogP contribution is 2.13. The summed E-state index contributed by atoms with van der Waals surface area (Å²) in [5.41, 5.74) is 0. The van der Waals surface area contributed by atoms with E-state index in [0.29, 0.717) is 12.8 Å². The average Bonchev–Trinajstić information content (AvgIpc) is 2.81. The third-order valence-corrected chi connectivity index (χ3v) is 5.92. The summed E-state index contributed by atoms with van der Waals surface area (Å²) in [6, 6.07) is 0. The Kier molecular flexibility index (Phi) is 31.0. The SMILES string of the molecule is CCCCCCCC(=O)OC.CCCCCCCCCCCCCCCCCC(=O)OC. The Morgan fingerprint density at radius 3 is 0.844 bits per heavy atom. The summed E-state index contributed by atoms with van der Waals surface area (Å²) in [6.07, 6.45) is 27.4. The minimum Gasteiger partial charge on any atom is -0.469 e. The molecule has 0 aromatic carbocycles. The van der Waals surface area contributed by atoms with Gasteiger partial charge in [0.25, 0.3) is 0 Å². The standard InChI is InChI=1S/C19H38O2.C9H18O2/c1-3-4-5-6-7-8-9-10-11-12-13-14-15-16-17-18-19(20)21-2;1-3-4-5-6-7-8-9(10)11-2/h3-18H2,1-2H3;3-8H2,1-2H3. The van der Waals surface area contributed by atoms with Crippen LogP contribution in [-0.2, 0) is 19.1 Å². The van der Waals surface area contributed by atoms with Gasteiger partial charge in [-0.2, -0.15) is 0 Å². The molecule has 0 unspecified atom stereocenters. The first-order valence-corrected chi connectivity index (χ1v) is 13.8. The van der Waals surface area contributed by atoms with Gasteiger partial charge in [0.15, 0.2) is 0 Å². The molecule has 0 aliphatic heterocycles. The molecule has 0 atom stereocenters. The van der Waals surface area contributed by atoms with Gasteiger partial charge in [-0.25, -0.2) is 0 Å². The van der Waals surface area contributed by atoms with Crippen LogP contribution < -0.4 is 0 Å². The number of methoxy groups -OCH3 is 2. The maximum absolute atomic E-state index is 10.9. The molecule has 0 aliphatic rings. The van der Waals surface area contributed by atoms with Gasteiger partial charge in [0.05, 0.1) is 14.2 Å². The first-order valence-electron chi connectivity index (χ1n) is 13.8. The zero-order valence-corrected chi connectivity index (χ0v) is 22.2. The summed E-state index contributed by atoms with van der Waals surface area (Å²) >= 11 is 0. The number of rotatable bonds is 22. The van der Waals surface area contributed by atoms with E-state index in [9.17, 15) is 9.59 Å². The van der Waals surface area contributed by atoms with Gasteiger partial charge < -0.3 is 9.47 Å². The lowest BCUT2D eigenvalue weighted by Gasteiger charge is -2.03. The van der Waals surface area contributed by atoms with E-state index in [4.69, 9.17) is 0 Å². The smallest absolute Gasteiger partial charge is 0.305 e. The molecule has 0 rings (SSSR count). The molecular formula is C28H56O4. The number of unbranched alkanes of at least 4 members (excludes halogenated alkanes) is 18. The van der Waals surface area contributed by atoms with Crippen molar-refractivity contribution in [2.75, 3.05) is 14.2 Å². The van der Waals surface area contributed by atoms with E-state index in [0.717, 1.165) is 19.3 Å². The number of carbonyl (C=O) groups is 2. The van der Waals surface area contributed by atoms with Crippen LogP contribution in [0.25, 0.3) is 0 Å². The summed E-state index contributed by atoms with van der Waals surface area (Å²) in [5, 5.41) is 0. The third-order valence-electron chi connectivity index (χ3n) is 5.92. The van der Waals surface area contributed by atoms with Crippen molar-refractivity contribution in [2.45, 2.75) is 155 Å². The normalized spacial score (nSPS) is 10.4. The highest BCUT2D eigenvalue weighted by molar-refractivity contribution is 5.69. The topological polar surface area (TPSA) is 52.6 Å². The Labute approximate surface area is 200 Å². The Hall–Kier alpha value is -1.06. The molecular weight excluding hydrogens is 400 g/mol. The molecule has 32 heavy (non-hydrogen) atoms. The van der Waals surface area contributed by atoms with Gasteiger partial charge in [-0.05, 0) is 12.8 Å². The first kappa shape index (κ1) is 33.1. The molecule has 0 radical (unpaired) electrons. The van der Waals surface area contributed by atoms with Crippen molar-refractivity contribution in [3.05, 3.63) is 0 Å². The van der Waals surface area contributed by atoms with Crippen molar-refractivity contribution < 1.29 is 19.1 Å². The van der Waals surface area contributed by atoms with Crippen molar-refractivity contribution >= 4 is 11.9 Å². The van der Waals surface area contributed by atoms with Crippen LogP contribution in [0.2, 0.25) is 0 Å². The molecule has 0 amide bonds. The lowest BCUT2D eigenvalue weighted by molar-refractivity contribution is -0.141. The molecule has 0 N–H and O–H groups in total. The van der Waals surface area contributed by atoms with Crippen molar-refractivity contribution in [3.8, 4) is 0 Å². The minimum absolute atomic E-state index is 0.0651. The molecule has 0 spiro atoms. The molecule has 0 heterocycles. The molecule has 192 valence electrons. The van der Waals surface area contributed by atoms with Crippen LogP contribution >= 0.6 is 0 Å². The molecule has 0 saturated carbocycles. The summed E-state index contributed by atoms with van der Waals surface area (Å²) in [4.78, 5) is 21.5. The Morgan fingerprint density at radius 1 is 0.406 bits per heavy atom. The fourth-order valence-corrected chi connectivity index (χ4v) is 3.72. The fourth-order valence-electron chi connectivity index (χ4n) is 3.72. The zero-order valence-electron chi connectivity index (χ0n) is 22.2. The minimum atomic E-state index is -0.0819. The fraction of sp³-hybridized carbons (Fsp3) is 0.929. The molecule has 0 aromatic rings. The van der Waals surface area contributed by atoms with Crippen LogP contribution in [0.3, 0.4) is 0 Å². The van der Waals surface area contributed by atoms with Crippen LogP contribution in [0.4, 0.5) is 0 Å². The van der Waals surface area contributed by atoms with Gasteiger partial charge in [0.1, 0.15) is 0 Å². The van der Waals surface area contributed by atoms with Gasteiger partial charge in [-0.15, -0.1) is 0 Å². The van der Waals surface area contributed by atoms with Crippen LogP contribution in [-0.4, -0.2) is 26.2 Å². The first-order chi connectivity index (χ1) is 15.6. The van der Waals surface area contributed by atoms with E-state index >= 15 is 0 Å². The zero-order chi connectivity index (χ0) is 24.1. The molecule has 0 aromatic heterocycles. The second kappa shape index (κ2) is 29.9. The number of hydrogen-bond acceptors (Lipinski definition) is 4. The van der Waals surface area contributed by atoms with Gasteiger partial charge in [0.2, 0.25) is 0 Å². The van der Waals surface area contributed by atoms with Crippen molar-refractivity contribution in [1.82, 2.24) is 0 Å². The molecule has 4 nitrogen and oxygen atoms in total. The van der Waals surface area contributed by atoms with Crippen LogP contribution in [0.1, 0.15) is 155 Å². The molecule has 0 saturated heterocycles. The lowest BCUT2D eigenvalue weighted by atomic mass is 10.0. The largest absolute Gasteiger partial charge is 0.469 e. The van der Waals surface area contributed by atoms with Crippen molar-refractivity contribution in [2.24, 2.45) is 0 Å². The van der Waals surface area contributed by atoms with Crippen LogP contribution in [0.5, 0.6) is 0 Å². The summed E-state index contributed by atoms with van der Waals surface area (Å²) in [6.45, 7) is 4.46. The van der Waals surface area contributed by atoms with Gasteiger partial charge in [-0.3, -0.25) is 9.59 Å². The number of carbonyl (C=O) groups excluding carboxylic acids is 2. The van der Waals surface area contributed by atoms with Crippen LogP contribution in [0, 0.1) is 0 Å². The highest BCUT2D eigenvalue weighted by atomic mass is 16.5. The quantitative estimate of drug-likeness (QED) is 0.120. The summed E-state index contributed by atoms with van der Waals surface area (Å²) in [5.74, 6) is -0.147. The molecule has 0 bridgehead atoms. The number of esters is 2. The van der Waals surface area contributed by atoms with Crippen LogP contribution in [0.15, 0.2) is 0 Å². The van der Waals surface area contributed by atoms with E-state index in [1.165, 1.54) is 123 Å². The lowest BCUT2D eigenvalue weighted by Crippen LogP contribution is -1.99. The maximum atomic E-state index is 10.9. The van der Waals surface area contributed by atoms with E-state index in [-0.39, 0.29) is 11.9 Å². The summed E-state index contributed by atoms with van der Waals surface area (Å²) < 4.78 is 9.15. The predicted molar refractivity (Wildman–Crippen MR) is 137 cm³/mol. The van der Waals surface area contributed by atoms with E-state index in [2.05, 4.69) is 23.3 Å². The van der Waals surface area contributed by atoms with E-state index < -0.39 is 0 Å². The van der Waals surface area contributed by atoms with Gasteiger partial charge in [0, 0.05) is 12.8 Å². The molecule has 4 heteroatoms. The molecule has 0 aliphatic carbocycles. The van der Waals surface area contributed by atoms with Crippen molar-refractivity contribution in [1.29, 1.82) is 0 Å². The molecule has 0 fully saturated rings. The van der Waals surface area contributed by atoms with Gasteiger partial charge in [-0.1, -0.05) is 129 Å². The van der Waals surface area contributed by atoms with Crippen molar-refractivity contribution in [3.63, 3.8) is 0 Å². The van der Waals surface area contributed by atoms with Gasteiger partial charge >= 0.3 is 11.9 Å². The third kappa shape index (κ3) is 31.1. The Balaban J connectivity index is 0. The Bertz CT molecular complexity index is 382. The summed E-state index contributed by atoms with van der Waals surface area (Å²) in [7, 11) is 2.90. The number of ether oxygens (including phenoxy) is 2. The maximum Gasteiger partial charge on any atom is 0.305 e. The van der Waals surface area contributed by atoms with E-state index in [1.807, 2.05) is 0 Å². The highest BCUT2D eigenvalue weighted by Gasteiger charge is 1.99. The number of hydrogen-bond donors (Lipinski definition) is 0. The van der Waals surface area contributed by atoms with E-state index in [1.54, 1.807) is 0 Å².